The number of nitrogens with two attached hydrogens (primary N) is 1. The van der Waals surface area contributed by atoms with Crippen LogP contribution in [-0.2, 0) is 0 Å². The third-order valence-electron chi connectivity index (χ3n) is 2.49. The van der Waals surface area contributed by atoms with Gasteiger partial charge < -0.3 is 11.1 Å². The van der Waals surface area contributed by atoms with E-state index < -0.39 is 11.7 Å². The van der Waals surface area contributed by atoms with E-state index in [2.05, 4.69) is 5.32 Å². The number of hydrogen-bond acceptors (Lipinski definition) is 2. The summed E-state index contributed by atoms with van der Waals surface area (Å²) < 4.78 is 13.6. The van der Waals surface area contributed by atoms with Crippen LogP contribution in [0.5, 0.6) is 0 Å². The van der Waals surface area contributed by atoms with E-state index in [0.717, 1.165) is 6.42 Å². The van der Waals surface area contributed by atoms with Crippen LogP contribution in [-0.4, -0.2) is 18.5 Å². The van der Waals surface area contributed by atoms with Crippen LogP contribution in [0.15, 0.2) is 18.2 Å². The minimum atomic E-state index is -0.468. The van der Waals surface area contributed by atoms with E-state index in [4.69, 9.17) is 5.73 Å². The molecule has 0 bridgehead atoms. The lowest BCUT2D eigenvalue weighted by molar-refractivity contribution is 0.0947. The molecule has 0 saturated carbocycles. The van der Waals surface area contributed by atoms with Crippen molar-refractivity contribution in [2.24, 2.45) is 5.73 Å². The van der Waals surface area contributed by atoms with Crippen LogP contribution in [0.25, 0.3) is 0 Å². The summed E-state index contributed by atoms with van der Waals surface area (Å²) in [6.07, 6.45) is 0.774. The highest BCUT2D eigenvalue weighted by atomic mass is 19.1. The Morgan fingerprint density at radius 3 is 2.88 bits per heavy atom. The van der Waals surface area contributed by atoms with Gasteiger partial charge in [0.25, 0.3) is 5.91 Å². The highest BCUT2D eigenvalue weighted by Gasteiger charge is 2.13. The van der Waals surface area contributed by atoms with Gasteiger partial charge in [0.15, 0.2) is 0 Å². The number of amides is 1. The second-order valence-corrected chi connectivity index (χ2v) is 3.81. The van der Waals surface area contributed by atoms with Crippen molar-refractivity contribution in [3.63, 3.8) is 0 Å². The molecule has 0 saturated heterocycles. The molecule has 1 rings (SSSR count). The molecule has 0 radical (unpaired) electrons. The van der Waals surface area contributed by atoms with Gasteiger partial charge in [-0.05, 0) is 25.0 Å². The Morgan fingerprint density at radius 1 is 1.56 bits per heavy atom. The molecule has 0 aromatic heterocycles. The molecule has 0 aliphatic heterocycles. The van der Waals surface area contributed by atoms with Crippen LogP contribution in [0.4, 0.5) is 4.39 Å². The first kappa shape index (κ1) is 12.6. The maximum absolute atomic E-state index is 13.6. The van der Waals surface area contributed by atoms with Gasteiger partial charge in [0.2, 0.25) is 0 Å². The van der Waals surface area contributed by atoms with Crippen LogP contribution in [0, 0.1) is 12.7 Å². The summed E-state index contributed by atoms with van der Waals surface area (Å²) in [5.74, 6) is -0.879. The van der Waals surface area contributed by atoms with Gasteiger partial charge in [-0.15, -0.1) is 0 Å². The molecular formula is C12H17FN2O. The first-order valence-electron chi connectivity index (χ1n) is 5.35. The van der Waals surface area contributed by atoms with E-state index in [-0.39, 0.29) is 11.6 Å². The lowest BCUT2D eigenvalue weighted by Crippen LogP contribution is -2.37. The third kappa shape index (κ3) is 3.03. The highest BCUT2D eigenvalue weighted by Crippen LogP contribution is 2.11. The zero-order valence-corrected chi connectivity index (χ0v) is 9.59. The molecule has 0 fully saturated rings. The number of aryl methyl sites for hydroxylation is 1. The Bertz CT molecular complexity index is 379. The van der Waals surface area contributed by atoms with E-state index in [9.17, 15) is 9.18 Å². The molecule has 1 aromatic rings. The molecule has 4 heteroatoms. The molecule has 0 aliphatic carbocycles. The minimum Gasteiger partial charge on any atom is -0.350 e. The molecule has 0 heterocycles. The van der Waals surface area contributed by atoms with Gasteiger partial charge >= 0.3 is 0 Å². The number of carbonyl (C=O) groups is 1. The zero-order valence-electron chi connectivity index (χ0n) is 9.59. The van der Waals surface area contributed by atoms with Gasteiger partial charge in [-0.3, -0.25) is 4.79 Å². The summed E-state index contributed by atoms with van der Waals surface area (Å²) in [7, 11) is 0. The standard InChI is InChI=1S/C12H17FN2O/c1-3-9(14)7-15-12(16)10-6-4-5-8(2)11(10)13/h4-6,9H,3,7,14H2,1-2H3,(H,15,16). The fourth-order valence-corrected chi connectivity index (χ4v) is 1.29. The highest BCUT2D eigenvalue weighted by molar-refractivity contribution is 5.94. The van der Waals surface area contributed by atoms with Gasteiger partial charge in [-0.25, -0.2) is 4.39 Å². The Kier molecular flexibility index (Phi) is 4.43. The van der Waals surface area contributed by atoms with Crippen molar-refractivity contribution in [1.29, 1.82) is 0 Å². The first-order valence-corrected chi connectivity index (χ1v) is 5.35. The van der Waals surface area contributed by atoms with E-state index in [1.54, 1.807) is 19.1 Å². The SMILES string of the molecule is CCC(N)CNC(=O)c1cccc(C)c1F. The summed E-state index contributed by atoms with van der Waals surface area (Å²) in [6.45, 7) is 3.93. The van der Waals surface area contributed by atoms with Crippen LogP contribution in [0.1, 0.15) is 29.3 Å². The number of rotatable bonds is 4. The summed E-state index contributed by atoms with van der Waals surface area (Å²) >= 11 is 0. The minimum absolute atomic E-state index is 0.0725. The van der Waals surface area contributed by atoms with Crippen molar-refractivity contribution < 1.29 is 9.18 Å². The third-order valence-corrected chi connectivity index (χ3v) is 2.49. The maximum atomic E-state index is 13.6. The lowest BCUT2D eigenvalue weighted by atomic mass is 10.1. The molecule has 1 unspecified atom stereocenters. The molecule has 0 aliphatic rings. The van der Waals surface area contributed by atoms with Crippen molar-refractivity contribution in [3.05, 3.63) is 35.1 Å². The van der Waals surface area contributed by atoms with Crippen molar-refractivity contribution in [3.8, 4) is 0 Å². The molecule has 0 spiro atoms. The number of benzene rings is 1. The molecule has 1 atom stereocenters. The van der Waals surface area contributed by atoms with Crippen molar-refractivity contribution >= 4 is 5.91 Å². The summed E-state index contributed by atoms with van der Waals surface area (Å²) in [5, 5.41) is 2.61. The first-order chi connectivity index (χ1) is 7.56. The van der Waals surface area contributed by atoms with Gasteiger partial charge in [0.1, 0.15) is 5.82 Å². The molecule has 16 heavy (non-hydrogen) atoms. The number of halogens is 1. The fourth-order valence-electron chi connectivity index (χ4n) is 1.29. The van der Waals surface area contributed by atoms with Gasteiger partial charge in [0, 0.05) is 12.6 Å². The van der Waals surface area contributed by atoms with Crippen molar-refractivity contribution in [1.82, 2.24) is 5.32 Å². The second kappa shape index (κ2) is 5.61. The molecule has 88 valence electrons. The van der Waals surface area contributed by atoms with Crippen molar-refractivity contribution in [2.45, 2.75) is 26.3 Å². The maximum Gasteiger partial charge on any atom is 0.254 e. The van der Waals surface area contributed by atoms with Crippen molar-refractivity contribution in [2.75, 3.05) is 6.54 Å². The van der Waals surface area contributed by atoms with Crippen LogP contribution < -0.4 is 11.1 Å². The lowest BCUT2D eigenvalue weighted by Gasteiger charge is -2.11. The zero-order chi connectivity index (χ0) is 12.1. The average molecular weight is 224 g/mol. The Labute approximate surface area is 94.8 Å². The Hall–Kier alpha value is -1.42. The Morgan fingerprint density at radius 2 is 2.25 bits per heavy atom. The van der Waals surface area contributed by atoms with E-state index in [1.807, 2.05) is 6.92 Å². The van der Waals surface area contributed by atoms with Crippen LogP contribution >= 0.6 is 0 Å². The number of carbonyl (C=O) groups excluding carboxylic acids is 1. The molecular weight excluding hydrogens is 207 g/mol. The quantitative estimate of drug-likeness (QED) is 0.816. The predicted molar refractivity (Wildman–Crippen MR) is 61.7 cm³/mol. The predicted octanol–water partition coefficient (Wildman–Crippen LogP) is 1.60. The Balaban J connectivity index is 2.70. The summed E-state index contributed by atoms with van der Waals surface area (Å²) in [6, 6.07) is 4.67. The van der Waals surface area contributed by atoms with Gasteiger partial charge in [-0.2, -0.15) is 0 Å². The number of nitrogens with one attached hydrogen (secondary N) is 1. The summed E-state index contributed by atoms with van der Waals surface area (Å²) in [4.78, 5) is 11.6. The van der Waals surface area contributed by atoms with E-state index >= 15 is 0 Å². The average Bonchev–Trinajstić information content (AvgIpc) is 2.29. The fraction of sp³-hybridized carbons (Fsp3) is 0.417. The molecule has 1 aromatic carbocycles. The molecule has 3 N–H and O–H groups in total. The molecule has 3 nitrogen and oxygen atoms in total. The second-order valence-electron chi connectivity index (χ2n) is 3.81. The summed E-state index contributed by atoms with van der Waals surface area (Å²) in [5.41, 5.74) is 6.20. The van der Waals surface area contributed by atoms with E-state index in [1.165, 1.54) is 6.07 Å². The van der Waals surface area contributed by atoms with Gasteiger partial charge in [-0.1, -0.05) is 19.1 Å². The van der Waals surface area contributed by atoms with E-state index in [0.29, 0.717) is 12.1 Å². The van der Waals surface area contributed by atoms with Gasteiger partial charge in [0.05, 0.1) is 5.56 Å². The van der Waals surface area contributed by atoms with Crippen LogP contribution in [0.2, 0.25) is 0 Å². The number of hydrogen-bond donors (Lipinski definition) is 2. The molecule has 1 amide bonds. The van der Waals surface area contributed by atoms with Crippen LogP contribution in [0.3, 0.4) is 0 Å². The normalized spacial score (nSPS) is 12.2. The topological polar surface area (TPSA) is 55.1 Å². The smallest absolute Gasteiger partial charge is 0.254 e. The largest absolute Gasteiger partial charge is 0.350 e. The monoisotopic (exact) mass is 224 g/mol.